The summed E-state index contributed by atoms with van der Waals surface area (Å²) >= 11 is 0. The van der Waals surface area contributed by atoms with Gasteiger partial charge in [0.1, 0.15) is 17.7 Å². The molecule has 0 saturated carbocycles. The monoisotopic (exact) mass is 365 g/mol. The van der Waals surface area contributed by atoms with E-state index in [0.29, 0.717) is 22.8 Å². The second-order valence-corrected chi connectivity index (χ2v) is 5.07. The third-order valence-corrected chi connectivity index (χ3v) is 3.48. The first-order valence-electron chi connectivity index (χ1n) is 7.32. The van der Waals surface area contributed by atoms with Crippen molar-refractivity contribution >= 4 is 17.3 Å². The molecule has 0 saturated heterocycles. The molecule has 0 fully saturated rings. The molecule has 9 nitrogen and oxygen atoms in total. The average molecular weight is 365 g/mol. The first-order chi connectivity index (χ1) is 12.5. The number of ether oxygens (including phenoxy) is 2. The summed E-state index contributed by atoms with van der Waals surface area (Å²) in [7, 11) is 1.45. The van der Waals surface area contributed by atoms with Crippen LogP contribution in [0, 0.1) is 10.1 Å². The Balaban J connectivity index is 1.85. The molecule has 0 unspecified atom stereocenters. The summed E-state index contributed by atoms with van der Waals surface area (Å²) in [6.45, 7) is -2.88. The number of nitrogens with zero attached hydrogens (tertiary/aromatic N) is 4. The third kappa shape index (κ3) is 3.61. The minimum atomic E-state index is -2.97. The van der Waals surface area contributed by atoms with E-state index in [1.807, 2.05) is 0 Å². The van der Waals surface area contributed by atoms with E-state index in [0.717, 1.165) is 10.7 Å². The molecule has 1 aromatic carbocycles. The van der Waals surface area contributed by atoms with E-state index >= 15 is 0 Å². The number of anilines is 1. The molecule has 0 spiro atoms. The molecule has 2 heterocycles. The van der Waals surface area contributed by atoms with Crippen molar-refractivity contribution in [1.29, 1.82) is 0 Å². The fourth-order valence-corrected chi connectivity index (χ4v) is 2.30. The van der Waals surface area contributed by atoms with Gasteiger partial charge in [-0.15, -0.1) is 0 Å². The fourth-order valence-electron chi connectivity index (χ4n) is 2.30. The van der Waals surface area contributed by atoms with Crippen molar-refractivity contribution in [3.05, 3.63) is 52.2 Å². The van der Waals surface area contributed by atoms with Gasteiger partial charge >= 0.3 is 12.4 Å². The smallest absolute Gasteiger partial charge is 0.387 e. The van der Waals surface area contributed by atoms with Crippen molar-refractivity contribution in [3.8, 4) is 11.5 Å². The van der Waals surface area contributed by atoms with Gasteiger partial charge < -0.3 is 24.9 Å². The minimum absolute atomic E-state index is 0.0111. The summed E-state index contributed by atoms with van der Waals surface area (Å²) in [5.41, 5.74) is 0.719. The SMILES string of the molecule is COc1ccc(OC(F)F)c(CNc2ccc3ncc([N+](=O)[O-])n3n2)c1. The molecule has 0 aliphatic rings. The highest BCUT2D eigenvalue weighted by molar-refractivity contribution is 5.49. The Morgan fingerprint density at radius 2 is 2.15 bits per heavy atom. The molecule has 0 amide bonds. The first-order valence-corrected chi connectivity index (χ1v) is 7.32. The summed E-state index contributed by atoms with van der Waals surface area (Å²) in [5.74, 6) is 0.469. The summed E-state index contributed by atoms with van der Waals surface area (Å²) in [4.78, 5) is 14.2. The predicted octanol–water partition coefficient (Wildman–Crippen LogP) is 2.86. The Kier molecular flexibility index (Phi) is 4.78. The molecular formula is C15H13F2N5O4. The van der Waals surface area contributed by atoms with Gasteiger partial charge in [-0.2, -0.15) is 8.78 Å². The molecule has 1 N–H and O–H groups in total. The summed E-state index contributed by atoms with van der Waals surface area (Å²) in [6.07, 6.45) is 1.10. The highest BCUT2D eigenvalue weighted by Gasteiger charge is 2.16. The molecule has 2 aromatic heterocycles. The van der Waals surface area contributed by atoms with Crippen LogP contribution in [0.1, 0.15) is 5.56 Å². The Hall–Kier alpha value is -3.50. The number of methoxy groups -OCH3 is 1. The number of fused-ring (bicyclic) bond motifs is 1. The molecule has 0 radical (unpaired) electrons. The van der Waals surface area contributed by atoms with Crippen LogP contribution in [-0.4, -0.2) is 33.2 Å². The molecule has 136 valence electrons. The summed E-state index contributed by atoms with van der Waals surface area (Å²) in [6, 6.07) is 7.53. The van der Waals surface area contributed by atoms with Gasteiger partial charge in [0.15, 0.2) is 5.82 Å². The second kappa shape index (κ2) is 7.17. The molecule has 0 bridgehead atoms. The zero-order chi connectivity index (χ0) is 18.7. The van der Waals surface area contributed by atoms with Crippen molar-refractivity contribution in [2.24, 2.45) is 0 Å². The van der Waals surface area contributed by atoms with E-state index in [-0.39, 0.29) is 18.1 Å². The van der Waals surface area contributed by atoms with Crippen molar-refractivity contribution < 1.29 is 23.2 Å². The Bertz CT molecular complexity index is 947. The number of alkyl halides is 2. The molecule has 26 heavy (non-hydrogen) atoms. The van der Waals surface area contributed by atoms with Gasteiger partial charge in [0, 0.05) is 18.2 Å². The average Bonchev–Trinajstić information content (AvgIpc) is 3.03. The zero-order valence-electron chi connectivity index (χ0n) is 13.4. The van der Waals surface area contributed by atoms with E-state index in [1.165, 1.54) is 19.2 Å². The molecule has 0 atom stereocenters. The number of benzene rings is 1. The van der Waals surface area contributed by atoms with E-state index in [9.17, 15) is 18.9 Å². The van der Waals surface area contributed by atoms with Gasteiger partial charge in [0.25, 0.3) is 0 Å². The quantitative estimate of drug-likeness (QED) is 0.507. The lowest BCUT2D eigenvalue weighted by Crippen LogP contribution is -2.09. The number of imidazole rings is 1. The molecule has 0 aliphatic carbocycles. The maximum absolute atomic E-state index is 12.5. The van der Waals surface area contributed by atoms with Crippen molar-refractivity contribution in [2.45, 2.75) is 13.2 Å². The Labute approximate surface area is 145 Å². The molecular weight excluding hydrogens is 352 g/mol. The summed E-state index contributed by atoms with van der Waals surface area (Å²) < 4.78 is 35.7. The van der Waals surface area contributed by atoms with Crippen LogP contribution >= 0.6 is 0 Å². The normalized spacial score (nSPS) is 10.9. The van der Waals surface area contributed by atoms with Crippen molar-refractivity contribution in [3.63, 3.8) is 0 Å². The Morgan fingerprint density at radius 1 is 1.35 bits per heavy atom. The van der Waals surface area contributed by atoms with Crippen molar-refractivity contribution in [1.82, 2.24) is 14.6 Å². The van der Waals surface area contributed by atoms with Crippen LogP contribution in [-0.2, 0) is 6.54 Å². The predicted molar refractivity (Wildman–Crippen MR) is 86.6 cm³/mol. The molecule has 3 rings (SSSR count). The largest absolute Gasteiger partial charge is 0.497 e. The zero-order valence-corrected chi connectivity index (χ0v) is 13.4. The number of rotatable bonds is 7. The summed E-state index contributed by atoms with van der Waals surface area (Å²) in [5, 5.41) is 18.0. The number of aromatic nitrogens is 3. The number of nitrogens with one attached hydrogen (secondary N) is 1. The van der Waals surface area contributed by atoms with E-state index in [1.54, 1.807) is 18.2 Å². The lowest BCUT2D eigenvalue weighted by atomic mass is 10.2. The van der Waals surface area contributed by atoms with Crippen LogP contribution in [0.4, 0.5) is 20.4 Å². The maximum atomic E-state index is 12.5. The van der Waals surface area contributed by atoms with Crippen LogP contribution < -0.4 is 14.8 Å². The molecule has 0 aliphatic heterocycles. The van der Waals surface area contributed by atoms with E-state index < -0.39 is 11.5 Å². The topological polar surface area (TPSA) is 104 Å². The van der Waals surface area contributed by atoms with Crippen LogP contribution in [0.15, 0.2) is 36.5 Å². The van der Waals surface area contributed by atoms with Crippen LogP contribution in [0.5, 0.6) is 11.5 Å². The van der Waals surface area contributed by atoms with Gasteiger partial charge in [-0.1, -0.05) is 9.61 Å². The standard InChI is InChI=1S/C15H13F2N5O4/c1-25-10-2-3-11(26-15(16)17)9(6-10)7-18-12-4-5-13-19-8-14(22(23)24)21(13)20-12/h2-6,8,15H,7H2,1H3,(H,18,20). The molecule has 3 aromatic rings. The lowest BCUT2D eigenvalue weighted by molar-refractivity contribution is -0.391. The highest BCUT2D eigenvalue weighted by Crippen LogP contribution is 2.26. The molecule has 11 heteroatoms. The third-order valence-electron chi connectivity index (χ3n) is 3.48. The maximum Gasteiger partial charge on any atom is 0.387 e. The fraction of sp³-hybridized carbons (Fsp3) is 0.200. The number of halogens is 2. The van der Waals surface area contributed by atoms with E-state index in [4.69, 9.17) is 4.74 Å². The van der Waals surface area contributed by atoms with Crippen LogP contribution in [0.25, 0.3) is 5.65 Å². The number of hydrogen-bond acceptors (Lipinski definition) is 7. The van der Waals surface area contributed by atoms with Gasteiger partial charge in [-0.25, -0.2) is 4.98 Å². The number of nitro groups is 1. The van der Waals surface area contributed by atoms with Crippen LogP contribution in [0.2, 0.25) is 0 Å². The number of hydrogen-bond donors (Lipinski definition) is 1. The lowest BCUT2D eigenvalue weighted by Gasteiger charge is -2.13. The van der Waals surface area contributed by atoms with Crippen molar-refractivity contribution in [2.75, 3.05) is 12.4 Å². The highest BCUT2D eigenvalue weighted by atomic mass is 19.3. The minimum Gasteiger partial charge on any atom is -0.497 e. The second-order valence-electron chi connectivity index (χ2n) is 5.07. The van der Waals surface area contributed by atoms with E-state index in [2.05, 4.69) is 20.1 Å². The van der Waals surface area contributed by atoms with Gasteiger partial charge in [-0.05, 0) is 29.2 Å². The first kappa shape index (κ1) is 17.3. The Morgan fingerprint density at radius 3 is 2.85 bits per heavy atom. The van der Waals surface area contributed by atoms with Crippen LogP contribution in [0.3, 0.4) is 0 Å². The van der Waals surface area contributed by atoms with Gasteiger partial charge in [0.2, 0.25) is 5.65 Å². The van der Waals surface area contributed by atoms with Gasteiger partial charge in [-0.3, -0.25) is 0 Å². The van der Waals surface area contributed by atoms with Gasteiger partial charge in [0.05, 0.1) is 7.11 Å².